The Morgan fingerprint density at radius 1 is 0.862 bits per heavy atom. The van der Waals surface area contributed by atoms with Crippen LogP contribution in [0.5, 0.6) is 17.2 Å². The maximum absolute atomic E-state index is 12.4. The molecule has 4 nitrogen and oxygen atoms in total. The summed E-state index contributed by atoms with van der Waals surface area (Å²) < 4.78 is 16.7. The lowest BCUT2D eigenvalue weighted by Gasteiger charge is -2.13. The molecule has 0 saturated heterocycles. The summed E-state index contributed by atoms with van der Waals surface area (Å²) in [4.78, 5) is 12.4. The standard InChI is InChI=1S/C25H24O4/c1-18(2)28-23-15-13-19(17-24(23)27-3)14-16-25(26)29-22-12-8-7-11-21(22)20-9-5-4-6-10-20/h4-18H,1-3H3/b16-14+. The highest BCUT2D eigenvalue weighted by Crippen LogP contribution is 2.31. The summed E-state index contributed by atoms with van der Waals surface area (Å²) in [7, 11) is 1.59. The first-order valence-electron chi connectivity index (χ1n) is 9.46. The van der Waals surface area contributed by atoms with Gasteiger partial charge in [-0.15, -0.1) is 0 Å². The van der Waals surface area contributed by atoms with Gasteiger partial charge < -0.3 is 14.2 Å². The molecule has 3 aromatic rings. The van der Waals surface area contributed by atoms with E-state index in [9.17, 15) is 4.79 Å². The first-order chi connectivity index (χ1) is 14.1. The minimum absolute atomic E-state index is 0.0463. The van der Waals surface area contributed by atoms with Crippen molar-refractivity contribution in [1.82, 2.24) is 0 Å². The summed E-state index contributed by atoms with van der Waals surface area (Å²) >= 11 is 0. The van der Waals surface area contributed by atoms with Crippen molar-refractivity contribution in [3.05, 3.63) is 84.4 Å². The van der Waals surface area contributed by atoms with Crippen LogP contribution in [0.15, 0.2) is 78.9 Å². The van der Waals surface area contributed by atoms with Crippen molar-refractivity contribution in [3.63, 3.8) is 0 Å². The van der Waals surface area contributed by atoms with Crippen LogP contribution in [-0.2, 0) is 4.79 Å². The molecular formula is C25H24O4. The Kier molecular flexibility index (Phi) is 6.69. The van der Waals surface area contributed by atoms with Gasteiger partial charge >= 0.3 is 5.97 Å². The molecule has 0 aliphatic heterocycles. The van der Waals surface area contributed by atoms with Gasteiger partial charge in [0.1, 0.15) is 5.75 Å². The lowest BCUT2D eigenvalue weighted by molar-refractivity contribution is -0.128. The second-order valence-electron chi connectivity index (χ2n) is 6.69. The lowest BCUT2D eigenvalue weighted by atomic mass is 10.1. The van der Waals surface area contributed by atoms with Crippen molar-refractivity contribution in [2.45, 2.75) is 20.0 Å². The molecule has 0 spiro atoms. The van der Waals surface area contributed by atoms with Crippen molar-refractivity contribution < 1.29 is 19.0 Å². The van der Waals surface area contributed by atoms with Crippen LogP contribution >= 0.6 is 0 Å². The van der Waals surface area contributed by atoms with Crippen LogP contribution < -0.4 is 14.2 Å². The van der Waals surface area contributed by atoms with E-state index in [1.54, 1.807) is 19.3 Å². The molecule has 0 saturated carbocycles. The maximum atomic E-state index is 12.4. The molecule has 0 radical (unpaired) electrons. The third-order valence-corrected chi connectivity index (χ3v) is 4.14. The van der Waals surface area contributed by atoms with Crippen molar-refractivity contribution in [2.24, 2.45) is 0 Å². The molecule has 0 heterocycles. The summed E-state index contributed by atoms with van der Waals surface area (Å²) in [5.41, 5.74) is 2.67. The zero-order valence-corrected chi connectivity index (χ0v) is 16.8. The molecular weight excluding hydrogens is 364 g/mol. The zero-order chi connectivity index (χ0) is 20.6. The molecule has 0 aliphatic carbocycles. The molecule has 0 aromatic heterocycles. The van der Waals surface area contributed by atoms with Crippen LogP contribution in [0.25, 0.3) is 17.2 Å². The average Bonchev–Trinajstić information content (AvgIpc) is 2.73. The Balaban J connectivity index is 1.74. The van der Waals surface area contributed by atoms with Crippen molar-refractivity contribution in [1.29, 1.82) is 0 Å². The Morgan fingerprint density at radius 2 is 1.59 bits per heavy atom. The molecule has 4 heteroatoms. The molecule has 0 N–H and O–H groups in total. The number of carbonyl (C=O) groups is 1. The van der Waals surface area contributed by atoms with Crippen LogP contribution in [0.4, 0.5) is 0 Å². The number of methoxy groups -OCH3 is 1. The Labute approximate surface area is 171 Å². The minimum Gasteiger partial charge on any atom is -0.493 e. The Hall–Kier alpha value is -3.53. The van der Waals surface area contributed by atoms with Crippen LogP contribution in [0.2, 0.25) is 0 Å². The first-order valence-corrected chi connectivity index (χ1v) is 9.46. The highest BCUT2D eigenvalue weighted by molar-refractivity contribution is 5.90. The number of para-hydroxylation sites is 1. The summed E-state index contributed by atoms with van der Waals surface area (Å²) in [5.74, 6) is 1.35. The number of benzene rings is 3. The summed E-state index contributed by atoms with van der Waals surface area (Å²) in [6.45, 7) is 3.91. The second kappa shape index (κ2) is 9.60. The van der Waals surface area contributed by atoms with Crippen molar-refractivity contribution in [2.75, 3.05) is 7.11 Å². The number of esters is 1. The molecule has 0 amide bonds. The van der Waals surface area contributed by atoms with Gasteiger partial charge in [-0.3, -0.25) is 0 Å². The summed E-state index contributed by atoms with van der Waals surface area (Å²) in [6.07, 6.45) is 3.14. The average molecular weight is 388 g/mol. The number of rotatable bonds is 7. The normalized spacial score (nSPS) is 10.9. The van der Waals surface area contributed by atoms with Crippen molar-refractivity contribution >= 4 is 12.0 Å². The van der Waals surface area contributed by atoms with E-state index in [0.29, 0.717) is 17.2 Å². The third-order valence-electron chi connectivity index (χ3n) is 4.14. The van der Waals surface area contributed by atoms with E-state index in [1.807, 2.05) is 80.6 Å². The van der Waals surface area contributed by atoms with Gasteiger partial charge in [-0.1, -0.05) is 54.6 Å². The quantitative estimate of drug-likeness (QED) is 0.293. The first kappa shape index (κ1) is 20.2. The SMILES string of the molecule is COc1cc(/C=C/C(=O)Oc2ccccc2-c2ccccc2)ccc1OC(C)C. The molecule has 3 aromatic carbocycles. The van der Waals surface area contributed by atoms with Gasteiger partial charge in [0.25, 0.3) is 0 Å². The lowest BCUT2D eigenvalue weighted by Crippen LogP contribution is -2.06. The molecule has 0 atom stereocenters. The third kappa shape index (κ3) is 5.48. The van der Waals surface area contributed by atoms with Gasteiger partial charge in [-0.05, 0) is 49.2 Å². The van der Waals surface area contributed by atoms with Crippen molar-refractivity contribution in [3.8, 4) is 28.4 Å². The number of ether oxygens (including phenoxy) is 3. The van der Waals surface area contributed by atoms with E-state index >= 15 is 0 Å². The minimum atomic E-state index is -0.449. The van der Waals surface area contributed by atoms with E-state index in [-0.39, 0.29) is 6.10 Å². The van der Waals surface area contributed by atoms with E-state index in [0.717, 1.165) is 16.7 Å². The van der Waals surface area contributed by atoms with Crippen LogP contribution in [0.1, 0.15) is 19.4 Å². The van der Waals surface area contributed by atoms with E-state index < -0.39 is 5.97 Å². The smallest absolute Gasteiger partial charge is 0.336 e. The monoisotopic (exact) mass is 388 g/mol. The van der Waals surface area contributed by atoms with E-state index in [1.165, 1.54) is 6.08 Å². The fraction of sp³-hybridized carbons (Fsp3) is 0.160. The number of hydrogen-bond donors (Lipinski definition) is 0. The molecule has 0 unspecified atom stereocenters. The number of hydrogen-bond acceptors (Lipinski definition) is 4. The Morgan fingerprint density at radius 3 is 2.31 bits per heavy atom. The molecule has 3 rings (SSSR count). The highest BCUT2D eigenvalue weighted by Gasteiger charge is 2.09. The molecule has 0 bridgehead atoms. The predicted molar refractivity (Wildman–Crippen MR) is 115 cm³/mol. The fourth-order valence-corrected chi connectivity index (χ4v) is 2.86. The summed E-state index contributed by atoms with van der Waals surface area (Å²) in [6, 6.07) is 22.8. The molecule has 0 fully saturated rings. The fourth-order valence-electron chi connectivity index (χ4n) is 2.86. The number of carbonyl (C=O) groups excluding carboxylic acids is 1. The van der Waals surface area contributed by atoms with Gasteiger partial charge in [0, 0.05) is 11.6 Å². The summed E-state index contributed by atoms with van der Waals surface area (Å²) in [5, 5.41) is 0. The van der Waals surface area contributed by atoms with Gasteiger partial charge in [0.2, 0.25) is 0 Å². The zero-order valence-electron chi connectivity index (χ0n) is 16.8. The van der Waals surface area contributed by atoms with Crippen LogP contribution in [0, 0.1) is 0 Å². The van der Waals surface area contributed by atoms with Crippen LogP contribution in [-0.4, -0.2) is 19.2 Å². The van der Waals surface area contributed by atoms with Gasteiger partial charge in [-0.2, -0.15) is 0 Å². The maximum Gasteiger partial charge on any atom is 0.336 e. The molecule has 148 valence electrons. The largest absolute Gasteiger partial charge is 0.493 e. The predicted octanol–water partition coefficient (Wildman–Crippen LogP) is 5.77. The van der Waals surface area contributed by atoms with Gasteiger partial charge in [0.05, 0.1) is 13.2 Å². The van der Waals surface area contributed by atoms with Gasteiger partial charge in [-0.25, -0.2) is 4.79 Å². The van der Waals surface area contributed by atoms with E-state index in [2.05, 4.69) is 0 Å². The van der Waals surface area contributed by atoms with E-state index in [4.69, 9.17) is 14.2 Å². The highest BCUT2D eigenvalue weighted by atomic mass is 16.5. The van der Waals surface area contributed by atoms with Gasteiger partial charge in [0.15, 0.2) is 11.5 Å². The molecule has 0 aliphatic rings. The van der Waals surface area contributed by atoms with Crippen LogP contribution in [0.3, 0.4) is 0 Å². The second-order valence-corrected chi connectivity index (χ2v) is 6.69. The molecule has 29 heavy (non-hydrogen) atoms. The topological polar surface area (TPSA) is 44.8 Å². The Bertz CT molecular complexity index is 991.